The van der Waals surface area contributed by atoms with Crippen LogP contribution in [0.5, 0.6) is 0 Å². The van der Waals surface area contributed by atoms with Crippen molar-refractivity contribution in [1.29, 1.82) is 0 Å². The van der Waals surface area contributed by atoms with Crippen molar-refractivity contribution < 1.29 is 13.5 Å². The van der Waals surface area contributed by atoms with E-state index in [1.807, 2.05) is 6.92 Å². The highest BCUT2D eigenvalue weighted by Crippen LogP contribution is 2.33. The number of nitrogens with zero attached hydrogens (tertiary/aromatic N) is 3. The van der Waals surface area contributed by atoms with Crippen molar-refractivity contribution in [3.8, 4) is 5.69 Å². The molecule has 1 heterocycles. The molecular weight excluding hydrogens is 422 g/mol. The van der Waals surface area contributed by atoms with Crippen LogP contribution in [0.2, 0.25) is 5.02 Å². The minimum Gasteiger partial charge on any atom is -0.386 e. The number of rotatable bonds is 8. The zero-order chi connectivity index (χ0) is 21.9. The van der Waals surface area contributed by atoms with E-state index in [4.69, 9.17) is 11.6 Å². The van der Waals surface area contributed by atoms with Gasteiger partial charge in [-0.25, -0.2) is 13.1 Å². The summed E-state index contributed by atoms with van der Waals surface area (Å²) in [4.78, 5) is 0.222. The topological polar surface area (TPSA) is 75.4 Å². The molecule has 3 aromatic rings. The molecule has 3 rings (SSSR count). The molecule has 0 aliphatic heterocycles. The van der Waals surface area contributed by atoms with Gasteiger partial charge in [-0.1, -0.05) is 43.1 Å². The van der Waals surface area contributed by atoms with Crippen LogP contribution in [0.3, 0.4) is 0 Å². The van der Waals surface area contributed by atoms with Crippen LogP contribution >= 0.6 is 11.6 Å². The molecule has 0 radical (unpaired) electrons. The summed E-state index contributed by atoms with van der Waals surface area (Å²) in [6.07, 6.45) is 4.78. The summed E-state index contributed by atoms with van der Waals surface area (Å²) in [5.74, 6) is 0. The highest BCUT2D eigenvalue weighted by molar-refractivity contribution is 7.92. The highest BCUT2D eigenvalue weighted by Gasteiger charge is 2.28. The van der Waals surface area contributed by atoms with Crippen molar-refractivity contribution in [2.24, 2.45) is 0 Å². The second kappa shape index (κ2) is 8.79. The molecule has 0 aliphatic rings. The number of hydrogen-bond acceptors (Lipinski definition) is 4. The number of unbranched alkanes of at least 4 members (excludes halogenated alkanes) is 1. The molecule has 0 atom stereocenters. The Morgan fingerprint density at radius 1 is 1.17 bits per heavy atom. The summed E-state index contributed by atoms with van der Waals surface area (Å²) in [5.41, 5.74) is 0.532. The smallest absolute Gasteiger partial charge is 0.264 e. The molecule has 0 unspecified atom stereocenters. The molecule has 0 saturated heterocycles. The Morgan fingerprint density at radius 3 is 2.47 bits per heavy atom. The third-order valence-corrected chi connectivity index (χ3v) is 6.85. The van der Waals surface area contributed by atoms with E-state index in [-0.39, 0.29) is 4.90 Å². The number of aliphatic hydroxyl groups is 1. The fourth-order valence-electron chi connectivity index (χ4n) is 3.05. The molecule has 0 spiro atoms. The van der Waals surface area contributed by atoms with E-state index in [0.29, 0.717) is 34.9 Å². The van der Waals surface area contributed by atoms with Gasteiger partial charge in [0.05, 0.1) is 28.1 Å². The molecule has 0 aliphatic carbocycles. The first-order valence-corrected chi connectivity index (χ1v) is 11.6. The molecule has 0 amide bonds. The Morgan fingerprint density at radius 2 is 1.87 bits per heavy atom. The Kier molecular flexibility index (Phi) is 6.55. The number of anilines is 1. The molecule has 1 aromatic heterocycles. The van der Waals surface area contributed by atoms with Gasteiger partial charge in [-0.05, 0) is 50.6 Å². The van der Waals surface area contributed by atoms with Crippen LogP contribution < -0.4 is 4.31 Å². The van der Waals surface area contributed by atoms with Crippen LogP contribution in [0, 0.1) is 0 Å². The van der Waals surface area contributed by atoms with Gasteiger partial charge < -0.3 is 5.11 Å². The monoisotopic (exact) mass is 447 g/mol. The number of benzene rings is 2. The fourth-order valence-corrected chi connectivity index (χ4v) is 4.76. The fraction of sp³-hybridized carbons (Fsp3) is 0.318. The molecule has 1 N–H and O–H groups in total. The van der Waals surface area contributed by atoms with Gasteiger partial charge in [0.2, 0.25) is 0 Å². The summed E-state index contributed by atoms with van der Waals surface area (Å²) in [6.45, 7) is 5.67. The van der Waals surface area contributed by atoms with Gasteiger partial charge in [0.1, 0.15) is 0 Å². The van der Waals surface area contributed by atoms with Crippen LogP contribution in [0.15, 0.2) is 65.8 Å². The number of aromatic nitrogens is 2. The van der Waals surface area contributed by atoms with Gasteiger partial charge in [-0.3, -0.25) is 4.31 Å². The van der Waals surface area contributed by atoms with Crippen LogP contribution in [-0.4, -0.2) is 29.8 Å². The lowest BCUT2D eigenvalue weighted by molar-refractivity contribution is 0.0786. The van der Waals surface area contributed by atoms with Crippen LogP contribution in [0.1, 0.15) is 39.2 Å². The molecule has 2 aromatic carbocycles. The summed E-state index contributed by atoms with van der Waals surface area (Å²) in [6, 6.07) is 13.4. The maximum Gasteiger partial charge on any atom is 0.264 e. The Bertz CT molecular complexity index is 1110. The lowest BCUT2D eigenvalue weighted by Gasteiger charge is -2.26. The Balaban J connectivity index is 2.17. The standard InChI is InChI=1S/C22H26ClN3O3S/c1-4-5-13-26(30(28,29)19-9-7-6-8-10-19)20-12-11-18(23)14-21(20)25-16-17(15-24-25)22(2,3)27/h6-12,14-16,27H,4-5,13H2,1-3H3. The third kappa shape index (κ3) is 4.69. The summed E-state index contributed by atoms with van der Waals surface area (Å²) < 4.78 is 29.9. The van der Waals surface area contributed by atoms with Gasteiger partial charge in [0.25, 0.3) is 10.0 Å². The van der Waals surface area contributed by atoms with Gasteiger partial charge in [0.15, 0.2) is 0 Å². The second-order valence-electron chi connectivity index (χ2n) is 7.61. The minimum absolute atomic E-state index is 0.222. The van der Waals surface area contributed by atoms with Crippen molar-refractivity contribution >= 4 is 27.3 Å². The van der Waals surface area contributed by atoms with E-state index < -0.39 is 15.6 Å². The number of hydrogen-bond donors (Lipinski definition) is 1. The molecule has 160 valence electrons. The lowest BCUT2D eigenvalue weighted by Crippen LogP contribution is -2.33. The average molecular weight is 448 g/mol. The largest absolute Gasteiger partial charge is 0.386 e. The second-order valence-corrected chi connectivity index (χ2v) is 9.91. The summed E-state index contributed by atoms with van der Waals surface area (Å²) in [5, 5.41) is 15.1. The maximum absolute atomic E-state index is 13.5. The van der Waals surface area contributed by atoms with Crippen molar-refractivity contribution in [3.63, 3.8) is 0 Å². The first-order chi connectivity index (χ1) is 14.1. The minimum atomic E-state index is -3.79. The SMILES string of the molecule is CCCCN(c1ccc(Cl)cc1-n1cc(C(C)(C)O)cn1)S(=O)(=O)c1ccccc1. The van der Waals surface area contributed by atoms with E-state index >= 15 is 0 Å². The maximum atomic E-state index is 13.5. The van der Waals surface area contributed by atoms with Crippen LogP contribution in [0.4, 0.5) is 5.69 Å². The number of sulfonamides is 1. The van der Waals surface area contributed by atoms with E-state index in [9.17, 15) is 13.5 Å². The molecule has 30 heavy (non-hydrogen) atoms. The predicted octanol–water partition coefficient (Wildman–Crippen LogP) is 4.75. The van der Waals surface area contributed by atoms with Gasteiger partial charge in [-0.2, -0.15) is 5.10 Å². The molecule has 0 fully saturated rings. The molecule has 0 bridgehead atoms. The van der Waals surface area contributed by atoms with Crippen LogP contribution in [-0.2, 0) is 15.6 Å². The zero-order valence-electron chi connectivity index (χ0n) is 17.3. The number of halogens is 1. The zero-order valence-corrected chi connectivity index (χ0v) is 18.9. The van der Waals surface area contributed by atoms with Crippen molar-refractivity contribution in [1.82, 2.24) is 9.78 Å². The molecule has 0 saturated carbocycles. The highest BCUT2D eigenvalue weighted by atomic mass is 35.5. The molecule has 8 heteroatoms. The van der Waals surface area contributed by atoms with Crippen molar-refractivity contribution in [2.75, 3.05) is 10.8 Å². The van der Waals surface area contributed by atoms with E-state index in [1.54, 1.807) is 79.5 Å². The van der Waals surface area contributed by atoms with Crippen LogP contribution in [0.25, 0.3) is 5.69 Å². The lowest BCUT2D eigenvalue weighted by atomic mass is 10.0. The first-order valence-electron chi connectivity index (χ1n) is 9.80. The molecular formula is C22H26ClN3O3S. The van der Waals surface area contributed by atoms with Crippen molar-refractivity contribution in [3.05, 3.63) is 71.5 Å². The molecule has 6 nitrogen and oxygen atoms in total. The normalized spacial score (nSPS) is 12.2. The van der Waals surface area contributed by atoms with Gasteiger partial charge in [-0.15, -0.1) is 0 Å². The van der Waals surface area contributed by atoms with E-state index in [1.165, 1.54) is 4.31 Å². The third-order valence-electron chi connectivity index (χ3n) is 4.79. The Labute approximate surface area is 182 Å². The summed E-state index contributed by atoms with van der Waals surface area (Å²) >= 11 is 6.25. The van der Waals surface area contributed by atoms with E-state index in [0.717, 1.165) is 6.42 Å². The Hall–Kier alpha value is -2.35. The van der Waals surface area contributed by atoms with Gasteiger partial charge in [0, 0.05) is 23.3 Å². The van der Waals surface area contributed by atoms with Gasteiger partial charge >= 0.3 is 0 Å². The quantitative estimate of drug-likeness (QED) is 0.540. The first kappa shape index (κ1) is 22.3. The average Bonchev–Trinajstić information content (AvgIpc) is 3.20. The van der Waals surface area contributed by atoms with E-state index in [2.05, 4.69) is 5.10 Å². The predicted molar refractivity (Wildman–Crippen MR) is 120 cm³/mol. The van der Waals surface area contributed by atoms with Crippen molar-refractivity contribution in [2.45, 2.75) is 44.1 Å². The summed E-state index contributed by atoms with van der Waals surface area (Å²) in [7, 11) is -3.79.